The molecule has 0 fully saturated rings. The fraction of sp³-hybridized carbons (Fsp3) is 0. The van der Waals surface area contributed by atoms with E-state index in [2.05, 4.69) is 15.0 Å². The van der Waals surface area contributed by atoms with Gasteiger partial charge in [-0.05, 0) is 23.8 Å². The maximum Gasteiger partial charge on any atom is 0.247 e. The number of anilines is 1. The summed E-state index contributed by atoms with van der Waals surface area (Å²) in [6.07, 6.45) is 4.13. The van der Waals surface area contributed by atoms with Gasteiger partial charge in [0.15, 0.2) is 0 Å². The van der Waals surface area contributed by atoms with E-state index in [1.54, 1.807) is 30.6 Å². The highest BCUT2D eigenvalue weighted by molar-refractivity contribution is 5.80. The SMILES string of the molecule is Nc1ncc(-c2ccc(C=O)cc2)cc1-c1nc2cccnc2o1. The van der Waals surface area contributed by atoms with E-state index in [9.17, 15) is 4.79 Å². The van der Waals surface area contributed by atoms with Crippen molar-refractivity contribution >= 4 is 23.3 Å². The number of carbonyl (C=O) groups is 1. The molecule has 0 atom stereocenters. The molecule has 6 nitrogen and oxygen atoms in total. The van der Waals surface area contributed by atoms with E-state index in [1.165, 1.54) is 0 Å². The van der Waals surface area contributed by atoms with Gasteiger partial charge in [-0.25, -0.2) is 15.0 Å². The number of pyridine rings is 2. The number of hydrogen-bond donors (Lipinski definition) is 1. The van der Waals surface area contributed by atoms with Crippen LogP contribution in [0.25, 0.3) is 33.8 Å². The van der Waals surface area contributed by atoms with Crippen LogP contribution in [0.2, 0.25) is 0 Å². The minimum atomic E-state index is 0.329. The molecule has 6 heteroatoms. The maximum absolute atomic E-state index is 10.8. The Morgan fingerprint density at radius 2 is 1.88 bits per heavy atom. The van der Waals surface area contributed by atoms with Crippen LogP contribution in [-0.4, -0.2) is 21.2 Å². The zero-order valence-corrected chi connectivity index (χ0v) is 12.5. The van der Waals surface area contributed by atoms with Crippen molar-refractivity contribution in [2.24, 2.45) is 0 Å². The predicted molar refractivity (Wildman–Crippen MR) is 90.3 cm³/mol. The third-order valence-electron chi connectivity index (χ3n) is 3.70. The van der Waals surface area contributed by atoms with Crippen molar-refractivity contribution in [1.82, 2.24) is 15.0 Å². The molecule has 0 unspecified atom stereocenters. The average molecular weight is 316 g/mol. The van der Waals surface area contributed by atoms with Crippen LogP contribution in [0.3, 0.4) is 0 Å². The Balaban J connectivity index is 1.81. The number of nitrogens with two attached hydrogens (primary N) is 1. The Morgan fingerprint density at radius 1 is 1.04 bits per heavy atom. The van der Waals surface area contributed by atoms with Gasteiger partial charge < -0.3 is 10.2 Å². The van der Waals surface area contributed by atoms with Crippen molar-refractivity contribution in [2.75, 3.05) is 5.73 Å². The molecule has 0 bridgehead atoms. The number of nitrogens with zero attached hydrogens (tertiary/aromatic N) is 3. The van der Waals surface area contributed by atoms with Crippen molar-refractivity contribution in [3.05, 3.63) is 60.4 Å². The van der Waals surface area contributed by atoms with Crippen LogP contribution in [0.1, 0.15) is 10.4 Å². The van der Waals surface area contributed by atoms with E-state index in [0.717, 1.165) is 17.4 Å². The van der Waals surface area contributed by atoms with E-state index in [1.807, 2.05) is 24.3 Å². The zero-order chi connectivity index (χ0) is 16.5. The lowest BCUT2D eigenvalue weighted by Crippen LogP contribution is -1.95. The molecule has 0 aliphatic heterocycles. The Kier molecular flexibility index (Phi) is 3.28. The fourth-order valence-electron chi connectivity index (χ4n) is 2.44. The van der Waals surface area contributed by atoms with Crippen molar-refractivity contribution in [3.8, 4) is 22.6 Å². The van der Waals surface area contributed by atoms with Gasteiger partial charge in [-0.15, -0.1) is 0 Å². The van der Waals surface area contributed by atoms with Crippen LogP contribution >= 0.6 is 0 Å². The third-order valence-corrected chi connectivity index (χ3v) is 3.70. The van der Waals surface area contributed by atoms with E-state index in [4.69, 9.17) is 10.2 Å². The molecule has 3 heterocycles. The number of hydrogen-bond acceptors (Lipinski definition) is 6. The number of aldehydes is 1. The summed E-state index contributed by atoms with van der Waals surface area (Å²) < 4.78 is 5.67. The first-order valence-corrected chi connectivity index (χ1v) is 7.27. The van der Waals surface area contributed by atoms with E-state index < -0.39 is 0 Å². The molecule has 4 rings (SSSR count). The fourth-order valence-corrected chi connectivity index (χ4v) is 2.44. The van der Waals surface area contributed by atoms with Gasteiger partial charge in [0, 0.05) is 23.5 Å². The molecule has 116 valence electrons. The minimum Gasteiger partial charge on any atom is -0.418 e. The first-order valence-electron chi connectivity index (χ1n) is 7.27. The van der Waals surface area contributed by atoms with Gasteiger partial charge in [0.2, 0.25) is 11.6 Å². The molecular weight excluding hydrogens is 304 g/mol. The van der Waals surface area contributed by atoms with Crippen LogP contribution in [0, 0.1) is 0 Å². The normalized spacial score (nSPS) is 10.8. The molecule has 3 aromatic heterocycles. The van der Waals surface area contributed by atoms with Crippen LogP contribution in [-0.2, 0) is 0 Å². The smallest absolute Gasteiger partial charge is 0.247 e. The van der Waals surface area contributed by atoms with E-state index >= 15 is 0 Å². The Morgan fingerprint density at radius 3 is 2.62 bits per heavy atom. The summed E-state index contributed by atoms with van der Waals surface area (Å²) in [6.45, 7) is 0. The quantitative estimate of drug-likeness (QED) is 0.582. The predicted octanol–water partition coefficient (Wildman–Crippen LogP) is 3.35. The molecule has 0 spiro atoms. The molecular formula is C18H12N4O2. The van der Waals surface area contributed by atoms with Gasteiger partial charge in [-0.2, -0.15) is 0 Å². The number of aromatic nitrogens is 3. The van der Waals surface area contributed by atoms with Crippen LogP contribution in [0.15, 0.2) is 59.3 Å². The van der Waals surface area contributed by atoms with Crippen molar-refractivity contribution in [2.45, 2.75) is 0 Å². The molecule has 0 saturated heterocycles. The average Bonchev–Trinajstić information content (AvgIpc) is 3.06. The Bertz CT molecular complexity index is 1010. The summed E-state index contributed by atoms with van der Waals surface area (Å²) in [6, 6.07) is 12.7. The number of rotatable bonds is 3. The van der Waals surface area contributed by atoms with Gasteiger partial charge in [0.25, 0.3) is 0 Å². The lowest BCUT2D eigenvalue weighted by molar-refractivity contribution is 0.112. The standard InChI is InChI=1S/C18H12N4O2/c19-16-14(17-22-15-2-1-7-20-18(15)24-17)8-13(9-21-16)12-5-3-11(10-23)4-6-12/h1-10H,(H2,19,21). The summed E-state index contributed by atoms with van der Waals surface area (Å²) in [5, 5.41) is 0. The molecule has 4 aromatic rings. The maximum atomic E-state index is 10.8. The molecule has 0 radical (unpaired) electrons. The highest BCUT2D eigenvalue weighted by Crippen LogP contribution is 2.30. The summed E-state index contributed by atoms with van der Waals surface area (Å²) in [5.74, 6) is 0.704. The second kappa shape index (κ2) is 5.58. The number of fused-ring (bicyclic) bond motifs is 1. The first kappa shape index (κ1) is 14.1. The molecule has 0 aliphatic rings. The molecule has 0 saturated carbocycles. The third kappa shape index (κ3) is 2.40. The lowest BCUT2D eigenvalue weighted by atomic mass is 10.0. The first-order chi connectivity index (χ1) is 11.7. The zero-order valence-electron chi connectivity index (χ0n) is 12.5. The number of nitrogen functional groups attached to an aromatic ring is 1. The lowest BCUT2D eigenvalue weighted by Gasteiger charge is -2.05. The molecule has 0 aliphatic carbocycles. The number of carbonyl (C=O) groups excluding carboxylic acids is 1. The summed E-state index contributed by atoms with van der Waals surface area (Å²) in [4.78, 5) is 23.5. The van der Waals surface area contributed by atoms with E-state index in [0.29, 0.717) is 34.1 Å². The summed E-state index contributed by atoms with van der Waals surface area (Å²) >= 11 is 0. The van der Waals surface area contributed by atoms with Gasteiger partial charge in [0.05, 0.1) is 5.56 Å². The van der Waals surface area contributed by atoms with Crippen LogP contribution in [0.5, 0.6) is 0 Å². The molecule has 1 aromatic carbocycles. The van der Waals surface area contributed by atoms with Crippen LogP contribution in [0.4, 0.5) is 5.82 Å². The minimum absolute atomic E-state index is 0.329. The topological polar surface area (TPSA) is 94.9 Å². The Hall–Kier alpha value is -3.54. The Labute approximate surface area is 137 Å². The van der Waals surface area contributed by atoms with E-state index in [-0.39, 0.29) is 0 Å². The highest BCUT2D eigenvalue weighted by atomic mass is 16.4. The van der Waals surface area contributed by atoms with Crippen molar-refractivity contribution in [1.29, 1.82) is 0 Å². The number of oxazole rings is 1. The highest BCUT2D eigenvalue weighted by Gasteiger charge is 2.14. The van der Waals surface area contributed by atoms with Gasteiger partial charge in [-0.1, -0.05) is 24.3 Å². The number of benzene rings is 1. The van der Waals surface area contributed by atoms with Crippen molar-refractivity contribution < 1.29 is 9.21 Å². The monoisotopic (exact) mass is 316 g/mol. The molecule has 0 amide bonds. The van der Waals surface area contributed by atoms with Gasteiger partial charge in [-0.3, -0.25) is 4.79 Å². The molecule has 2 N–H and O–H groups in total. The summed E-state index contributed by atoms with van der Waals surface area (Å²) in [7, 11) is 0. The largest absolute Gasteiger partial charge is 0.418 e. The van der Waals surface area contributed by atoms with Crippen LogP contribution < -0.4 is 5.73 Å². The summed E-state index contributed by atoms with van der Waals surface area (Å²) in [5.41, 5.74) is 10.1. The second-order valence-electron chi connectivity index (χ2n) is 5.24. The second-order valence-corrected chi connectivity index (χ2v) is 5.24. The van der Waals surface area contributed by atoms with Gasteiger partial charge >= 0.3 is 0 Å². The van der Waals surface area contributed by atoms with Crippen molar-refractivity contribution in [3.63, 3.8) is 0 Å². The molecule has 24 heavy (non-hydrogen) atoms. The van der Waals surface area contributed by atoms with Gasteiger partial charge in [0.1, 0.15) is 17.6 Å².